The van der Waals surface area contributed by atoms with Crippen molar-refractivity contribution >= 4 is 77.4 Å². The molecule has 25 heavy (non-hydrogen) atoms. The molecule has 1 atom stereocenters. The van der Waals surface area contributed by atoms with Gasteiger partial charge < -0.3 is 0 Å². The first-order valence-corrected chi connectivity index (χ1v) is 11.2. The van der Waals surface area contributed by atoms with Crippen LogP contribution in [0.25, 0.3) is 0 Å². The third kappa shape index (κ3) is 7.91. The number of benzene rings is 1. The molecule has 0 fully saturated rings. The highest BCUT2D eigenvalue weighted by molar-refractivity contribution is 7.51. The lowest BCUT2D eigenvalue weighted by atomic mass is 9.88. The van der Waals surface area contributed by atoms with E-state index in [9.17, 15) is 4.57 Å². The maximum atomic E-state index is 13.1. The quantitative estimate of drug-likeness (QED) is 0.364. The SMILES string of the molecule is O=P(NC1CCCc2ccccc21)(OCC(Cl)(Cl)Cl)OCC(Cl)(Cl)Cl. The van der Waals surface area contributed by atoms with Crippen LogP contribution in [0.2, 0.25) is 0 Å². The maximum absolute atomic E-state index is 13.1. The van der Waals surface area contributed by atoms with E-state index in [-0.39, 0.29) is 6.04 Å². The average molecular weight is 490 g/mol. The summed E-state index contributed by atoms with van der Waals surface area (Å²) < 4.78 is 20.1. The second-order valence-electron chi connectivity index (χ2n) is 5.55. The van der Waals surface area contributed by atoms with Gasteiger partial charge in [0.2, 0.25) is 7.59 Å². The number of aryl methyl sites for hydroxylation is 1. The van der Waals surface area contributed by atoms with Crippen molar-refractivity contribution < 1.29 is 13.6 Å². The van der Waals surface area contributed by atoms with Crippen molar-refractivity contribution in [2.45, 2.75) is 32.9 Å². The predicted molar refractivity (Wildman–Crippen MR) is 105 cm³/mol. The summed E-state index contributed by atoms with van der Waals surface area (Å²) in [6.07, 6.45) is 2.61. The molecule has 1 aromatic carbocycles. The molecular formula is C14H16Cl6NO3P. The smallest absolute Gasteiger partial charge is 0.292 e. The van der Waals surface area contributed by atoms with E-state index in [1.807, 2.05) is 24.3 Å². The van der Waals surface area contributed by atoms with Crippen molar-refractivity contribution in [3.63, 3.8) is 0 Å². The van der Waals surface area contributed by atoms with E-state index in [2.05, 4.69) is 5.09 Å². The summed E-state index contributed by atoms with van der Waals surface area (Å²) in [4.78, 5) is 0. The molecule has 1 unspecified atom stereocenters. The van der Waals surface area contributed by atoms with Crippen molar-refractivity contribution in [2.75, 3.05) is 13.2 Å². The van der Waals surface area contributed by atoms with E-state index in [0.717, 1.165) is 24.8 Å². The van der Waals surface area contributed by atoms with Gasteiger partial charge in [0.05, 0.1) is 0 Å². The Labute approximate surface area is 176 Å². The van der Waals surface area contributed by atoms with Gasteiger partial charge in [0, 0.05) is 6.04 Å². The highest BCUT2D eigenvalue weighted by Crippen LogP contribution is 2.51. The fraction of sp³-hybridized carbons (Fsp3) is 0.571. The summed E-state index contributed by atoms with van der Waals surface area (Å²) in [7, 11) is -3.89. The van der Waals surface area contributed by atoms with Crippen molar-refractivity contribution in [3.05, 3.63) is 35.4 Å². The molecule has 0 saturated carbocycles. The number of hydrogen-bond acceptors (Lipinski definition) is 3. The van der Waals surface area contributed by atoms with Crippen LogP contribution in [0, 0.1) is 0 Å². The Hall–Kier alpha value is 1.07. The molecule has 0 saturated heterocycles. The minimum atomic E-state index is -3.89. The van der Waals surface area contributed by atoms with Gasteiger partial charge in [-0.05, 0) is 30.4 Å². The van der Waals surface area contributed by atoms with Crippen LogP contribution in [0.15, 0.2) is 24.3 Å². The summed E-state index contributed by atoms with van der Waals surface area (Å²) in [6.45, 7) is -0.896. The largest absolute Gasteiger partial charge is 0.406 e. The molecule has 4 nitrogen and oxygen atoms in total. The number of alkyl halides is 6. The molecule has 1 aromatic rings. The first-order chi connectivity index (χ1) is 11.5. The number of rotatable bonds is 6. The molecule has 0 bridgehead atoms. The summed E-state index contributed by atoms with van der Waals surface area (Å²) in [6, 6.07) is 7.61. The molecule has 0 heterocycles. The van der Waals surface area contributed by atoms with Crippen molar-refractivity contribution in [1.82, 2.24) is 5.09 Å². The minimum Gasteiger partial charge on any atom is -0.292 e. The van der Waals surface area contributed by atoms with Crippen LogP contribution in [-0.2, 0) is 20.0 Å². The molecule has 2 rings (SSSR count). The fourth-order valence-corrected chi connectivity index (χ4v) is 4.89. The molecule has 1 aliphatic rings. The Morgan fingerprint density at radius 1 is 1.04 bits per heavy atom. The van der Waals surface area contributed by atoms with E-state index >= 15 is 0 Å². The Balaban J connectivity index is 2.17. The van der Waals surface area contributed by atoms with E-state index in [1.54, 1.807) is 0 Å². The maximum Gasteiger partial charge on any atom is 0.406 e. The molecule has 0 aliphatic heterocycles. The monoisotopic (exact) mass is 487 g/mol. The van der Waals surface area contributed by atoms with Crippen molar-refractivity contribution in [3.8, 4) is 0 Å². The molecule has 142 valence electrons. The number of hydrogen-bond donors (Lipinski definition) is 1. The third-order valence-electron chi connectivity index (χ3n) is 3.48. The molecule has 11 heteroatoms. The lowest BCUT2D eigenvalue weighted by Gasteiger charge is -2.30. The van der Waals surface area contributed by atoms with E-state index in [4.69, 9.17) is 78.7 Å². The number of nitrogens with one attached hydrogen (secondary N) is 1. The van der Waals surface area contributed by atoms with Gasteiger partial charge in [0.1, 0.15) is 13.2 Å². The molecule has 0 amide bonds. The average Bonchev–Trinajstić information content (AvgIpc) is 2.51. The van der Waals surface area contributed by atoms with E-state index in [1.165, 1.54) is 5.56 Å². The Bertz CT molecular complexity index is 612. The third-order valence-corrected chi connectivity index (χ3v) is 5.70. The summed E-state index contributed by atoms with van der Waals surface area (Å²) in [5.41, 5.74) is 2.18. The first kappa shape index (κ1) is 22.4. The van der Waals surface area contributed by atoms with Gasteiger partial charge in [-0.25, -0.2) is 9.65 Å². The molecule has 1 aliphatic carbocycles. The fourth-order valence-electron chi connectivity index (χ4n) is 2.51. The van der Waals surface area contributed by atoms with Gasteiger partial charge in [-0.3, -0.25) is 9.05 Å². The second kappa shape index (κ2) is 9.05. The first-order valence-electron chi connectivity index (χ1n) is 7.36. The second-order valence-corrected chi connectivity index (χ2v) is 12.3. The summed E-state index contributed by atoms with van der Waals surface area (Å²) in [5.74, 6) is 0. The zero-order valence-corrected chi connectivity index (χ0v) is 18.3. The van der Waals surface area contributed by atoms with Crippen molar-refractivity contribution in [1.29, 1.82) is 0 Å². The van der Waals surface area contributed by atoms with Gasteiger partial charge in [-0.15, -0.1) is 0 Å². The number of fused-ring (bicyclic) bond motifs is 1. The molecule has 0 radical (unpaired) electrons. The normalized spacial score (nSPS) is 18.9. The molecule has 0 aromatic heterocycles. The van der Waals surface area contributed by atoms with E-state index in [0.29, 0.717) is 0 Å². The van der Waals surface area contributed by atoms with Crippen LogP contribution in [0.3, 0.4) is 0 Å². The summed E-state index contributed by atoms with van der Waals surface area (Å²) in [5, 5.41) is 2.89. The van der Waals surface area contributed by atoms with Crippen molar-refractivity contribution in [2.24, 2.45) is 0 Å². The Morgan fingerprint density at radius 3 is 2.16 bits per heavy atom. The highest BCUT2D eigenvalue weighted by atomic mass is 35.6. The van der Waals surface area contributed by atoms with Crippen LogP contribution >= 0.6 is 77.4 Å². The van der Waals surface area contributed by atoms with Gasteiger partial charge in [0.15, 0.2) is 0 Å². The Kier molecular flexibility index (Phi) is 8.09. The highest BCUT2D eigenvalue weighted by Gasteiger charge is 2.36. The molecule has 0 spiro atoms. The Morgan fingerprint density at radius 2 is 1.60 bits per heavy atom. The topological polar surface area (TPSA) is 47.6 Å². The number of halogens is 6. The van der Waals surface area contributed by atoms with Gasteiger partial charge in [-0.1, -0.05) is 93.9 Å². The summed E-state index contributed by atoms with van der Waals surface area (Å²) >= 11 is 34.1. The van der Waals surface area contributed by atoms with Crippen LogP contribution in [0.5, 0.6) is 0 Å². The van der Waals surface area contributed by atoms with Crippen LogP contribution in [0.1, 0.15) is 30.0 Å². The zero-order valence-electron chi connectivity index (χ0n) is 12.9. The molecular weight excluding hydrogens is 474 g/mol. The van der Waals surface area contributed by atoms with Crippen LogP contribution in [-0.4, -0.2) is 20.8 Å². The predicted octanol–water partition coefficient (Wildman–Crippen LogP) is 6.54. The van der Waals surface area contributed by atoms with Gasteiger partial charge >= 0.3 is 7.75 Å². The van der Waals surface area contributed by atoms with Gasteiger partial charge in [-0.2, -0.15) is 0 Å². The minimum absolute atomic E-state index is 0.249. The zero-order chi connectivity index (χ0) is 18.7. The van der Waals surface area contributed by atoms with Crippen LogP contribution < -0.4 is 5.09 Å². The lowest BCUT2D eigenvalue weighted by Crippen LogP contribution is -2.28. The van der Waals surface area contributed by atoms with E-state index < -0.39 is 28.5 Å². The lowest BCUT2D eigenvalue weighted by molar-refractivity contribution is 0.195. The van der Waals surface area contributed by atoms with Gasteiger partial charge in [0.25, 0.3) is 0 Å². The molecule has 1 N–H and O–H groups in total. The van der Waals surface area contributed by atoms with Crippen LogP contribution in [0.4, 0.5) is 0 Å². The standard InChI is InChI=1S/C14H16Cl6NO3P/c15-13(16,17)8-23-25(22,24-9-14(18,19)20)21-12-7-3-5-10-4-1-2-6-11(10)12/h1-2,4,6,12H,3,5,7-9H2,(H,21,22).